The molecule has 0 saturated carbocycles. The molecule has 0 fully saturated rings. The van der Waals surface area contributed by atoms with Gasteiger partial charge in [-0.3, -0.25) is 4.79 Å². The molecular weight excluding hydrogens is 280 g/mol. The molecule has 1 heterocycles. The summed E-state index contributed by atoms with van der Waals surface area (Å²) in [5.41, 5.74) is 4.02. The summed E-state index contributed by atoms with van der Waals surface area (Å²) >= 11 is 1.75. The number of ether oxygens (including phenoxy) is 1. The van der Waals surface area contributed by atoms with Crippen molar-refractivity contribution in [2.24, 2.45) is 0 Å². The molecule has 21 heavy (non-hydrogen) atoms. The summed E-state index contributed by atoms with van der Waals surface area (Å²) in [6.45, 7) is 3.48. The van der Waals surface area contributed by atoms with Gasteiger partial charge in [0.05, 0.1) is 6.61 Å². The summed E-state index contributed by atoms with van der Waals surface area (Å²) in [4.78, 5) is 13.7. The monoisotopic (exact) mass is 298 g/mol. The molecule has 1 aliphatic heterocycles. The first kappa shape index (κ1) is 14.4. The first-order chi connectivity index (χ1) is 10.3. The van der Waals surface area contributed by atoms with Crippen LogP contribution in [0.3, 0.4) is 0 Å². The van der Waals surface area contributed by atoms with Crippen LogP contribution in [0.4, 0.5) is 0 Å². The first-order valence-electron chi connectivity index (χ1n) is 7.25. The fourth-order valence-corrected chi connectivity index (χ4v) is 3.65. The van der Waals surface area contributed by atoms with Crippen LogP contribution < -0.4 is 0 Å². The topological polar surface area (TPSA) is 26.3 Å². The van der Waals surface area contributed by atoms with Gasteiger partial charge in [0.15, 0.2) is 5.78 Å². The van der Waals surface area contributed by atoms with Crippen LogP contribution in [-0.2, 0) is 16.9 Å². The van der Waals surface area contributed by atoms with Crippen molar-refractivity contribution in [2.75, 3.05) is 13.2 Å². The maximum atomic E-state index is 12.7. The first-order valence-corrected chi connectivity index (χ1v) is 8.24. The molecule has 3 rings (SSSR count). The molecule has 0 aliphatic carbocycles. The molecule has 0 saturated heterocycles. The highest BCUT2D eigenvalue weighted by atomic mass is 32.2. The molecule has 0 bridgehead atoms. The van der Waals surface area contributed by atoms with Crippen LogP contribution in [0.5, 0.6) is 0 Å². The molecule has 2 aromatic rings. The lowest BCUT2D eigenvalue weighted by Gasteiger charge is -2.08. The maximum Gasteiger partial charge on any atom is 0.194 e. The normalized spacial score (nSPS) is 13.5. The van der Waals surface area contributed by atoms with Crippen LogP contribution in [0.1, 0.15) is 34.0 Å². The summed E-state index contributed by atoms with van der Waals surface area (Å²) in [5, 5.41) is 0. The molecule has 3 heteroatoms. The minimum atomic E-state index is 0.141. The molecule has 108 valence electrons. The van der Waals surface area contributed by atoms with Crippen LogP contribution in [0.2, 0.25) is 0 Å². The predicted octanol–water partition coefficient (Wildman–Crippen LogP) is 4.10. The number of ketones is 1. The minimum absolute atomic E-state index is 0.141. The maximum absolute atomic E-state index is 12.7. The highest BCUT2D eigenvalue weighted by Gasteiger charge is 2.21. The van der Waals surface area contributed by atoms with E-state index in [0.717, 1.165) is 47.0 Å². The lowest BCUT2D eigenvalue weighted by Crippen LogP contribution is -2.04. The van der Waals surface area contributed by atoms with Crippen molar-refractivity contribution in [2.45, 2.75) is 24.0 Å². The Bertz CT molecular complexity index is 664. The Morgan fingerprint density at radius 2 is 2.00 bits per heavy atom. The van der Waals surface area contributed by atoms with Crippen LogP contribution >= 0.6 is 11.8 Å². The zero-order valence-electron chi connectivity index (χ0n) is 12.1. The number of benzene rings is 2. The lowest BCUT2D eigenvalue weighted by molar-refractivity contribution is 0.103. The largest absolute Gasteiger partial charge is 0.381 e. The van der Waals surface area contributed by atoms with E-state index in [1.807, 2.05) is 43.3 Å². The van der Waals surface area contributed by atoms with E-state index in [4.69, 9.17) is 4.74 Å². The van der Waals surface area contributed by atoms with Crippen LogP contribution in [0.25, 0.3) is 0 Å². The second kappa shape index (κ2) is 6.46. The number of rotatable bonds is 4. The molecule has 0 N–H and O–H groups in total. The molecule has 0 unspecified atom stereocenters. The summed E-state index contributed by atoms with van der Waals surface area (Å²) < 4.78 is 5.40. The van der Waals surface area contributed by atoms with E-state index in [0.29, 0.717) is 0 Å². The summed E-state index contributed by atoms with van der Waals surface area (Å²) in [5.74, 6) is 0.992. The van der Waals surface area contributed by atoms with Crippen molar-refractivity contribution in [1.82, 2.24) is 0 Å². The number of hydrogen-bond donors (Lipinski definition) is 0. The van der Waals surface area contributed by atoms with Gasteiger partial charge < -0.3 is 4.74 Å². The van der Waals surface area contributed by atoms with Gasteiger partial charge in [-0.05, 0) is 36.6 Å². The van der Waals surface area contributed by atoms with E-state index in [2.05, 4.69) is 6.07 Å². The fourth-order valence-electron chi connectivity index (χ4n) is 2.53. The molecule has 1 aliphatic rings. The van der Waals surface area contributed by atoms with Crippen molar-refractivity contribution >= 4 is 17.5 Å². The average molecular weight is 298 g/mol. The third kappa shape index (κ3) is 3.04. The van der Waals surface area contributed by atoms with E-state index in [-0.39, 0.29) is 5.78 Å². The highest BCUT2D eigenvalue weighted by Crippen LogP contribution is 2.34. The Labute approximate surface area is 129 Å². The van der Waals surface area contributed by atoms with Crippen molar-refractivity contribution in [1.29, 1.82) is 0 Å². The minimum Gasteiger partial charge on any atom is -0.381 e. The molecule has 0 amide bonds. The van der Waals surface area contributed by atoms with Crippen molar-refractivity contribution in [3.63, 3.8) is 0 Å². The molecule has 0 radical (unpaired) electrons. The van der Waals surface area contributed by atoms with Crippen LogP contribution in [0.15, 0.2) is 47.4 Å². The van der Waals surface area contributed by atoms with Gasteiger partial charge in [0, 0.05) is 28.4 Å². The van der Waals surface area contributed by atoms with Crippen LogP contribution in [-0.4, -0.2) is 19.0 Å². The Hall–Kier alpha value is -1.58. The van der Waals surface area contributed by atoms with Gasteiger partial charge in [-0.15, -0.1) is 11.8 Å². The third-order valence-corrected chi connectivity index (χ3v) is 4.78. The number of fused-ring (bicyclic) bond motifs is 2. The molecule has 0 atom stereocenters. The molecule has 2 nitrogen and oxygen atoms in total. The van der Waals surface area contributed by atoms with E-state index < -0.39 is 0 Å². The SMILES string of the molecule is CCOCCc1ccc2c(c1)SCc1ccccc1C2=O. The summed E-state index contributed by atoms with van der Waals surface area (Å²) in [6.07, 6.45) is 0.892. The third-order valence-electron chi connectivity index (χ3n) is 3.68. The van der Waals surface area contributed by atoms with Crippen LogP contribution in [0, 0.1) is 0 Å². The Kier molecular flexibility index (Phi) is 4.42. The van der Waals surface area contributed by atoms with Gasteiger partial charge in [0.1, 0.15) is 0 Å². The van der Waals surface area contributed by atoms with Crippen molar-refractivity contribution in [3.8, 4) is 0 Å². The zero-order valence-corrected chi connectivity index (χ0v) is 12.9. The fraction of sp³-hybridized carbons (Fsp3) is 0.278. The highest BCUT2D eigenvalue weighted by molar-refractivity contribution is 7.98. The molecular formula is C18H18O2S. The van der Waals surface area contributed by atoms with E-state index in [9.17, 15) is 4.79 Å². The van der Waals surface area contributed by atoms with E-state index in [1.54, 1.807) is 11.8 Å². The average Bonchev–Trinajstić information content (AvgIpc) is 2.66. The standard InChI is InChI=1S/C18H18O2S/c1-2-20-10-9-13-7-8-16-17(11-13)21-12-14-5-3-4-6-15(14)18(16)19/h3-8,11H,2,9-10,12H2,1H3. The van der Waals surface area contributed by atoms with Gasteiger partial charge in [-0.1, -0.05) is 30.3 Å². The van der Waals surface area contributed by atoms with Gasteiger partial charge >= 0.3 is 0 Å². The predicted molar refractivity (Wildman–Crippen MR) is 86.1 cm³/mol. The number of carbonyl (C=O) groups excluding carboxylic acids is 1. The van der Waals surface area contributed by atoms with Crippen molar-refractivity contribution < 1.29 is 9.53 Å². The van der Waals surface area contributed by atoms with E-state index >= 15 is 0 Å². The summed E-state index contributed by atoms with van der Waals surface area (Å²) in [6, 6.07) is 14.1. The summed E-state index contributed by atoms with van der Waals surface area (Å²) in [7, 11) is 0. The van der Waals surface area contributed by atoms with Gasteiger partial charge in [0.25, 0.3) is 0 Å². The Balaban J connectivity index is 1.90. The van der Waals surface area contributed by atoms with E-state index in [1.165, 1.54) is 5.56 Å². The van der Waals surface area contributed by atoms with Crippen molar-refractivity contribution in [3.05, 3.63) is 64.7 Å². The van der Waals surface area contributed by atoms with Gasteiger partial charge in [-0.2, -0.15) is 0 Å². The van der Waals surface area contributed by atoms with Gasteiger partial charge in [0.2, 0.25) is 0 Å². The second-order valence-electron chi connectivity index (χ2n) is 5.05. The molecule has 0 spiro atoms. The lowest BCUT2D eigenvalue weighted by atomic mass is 9.98. The Morgan fingerprint density at radius 3 is 2.86 bits per heavy atom. The number of carbonyl (C=O) groups is 1. The molecule has 0 aromatic heterocycles. The van der Waals surface area contributed by atoms with Gasteiger partial charge in [-0.25, -0.2) is 0 Å². The number of hydrogen-bond acceptors (Lipinski definition) is 3. The second-order valence-corrected chi connectivity index (χ2v) is 6.07. The quantitative estimate of drug-likeness (QED) is 0.795. The zero-order chi connectivity index (χ0) is 14.7. The molecule has 2 aromatic carbocycles. The smallest absolute Gasteiger partial charge is 0.194 e. The number of thioether (sulfide) groups is 1. The Morgan fingerprint density at radius 1 is 1.14 bits per heavy atom.